The molecule has 65 heavy (non-hydrogen) atoms. The number of aliphatic hydroxyl groups excluding tert-OH is 2. The van der Waals surface area contributed by atoms with E-state index in [1.54, 1.807) is 27.7 Å². The zero-order valence-corrected chi connectivity index (χ0v) is 38.0. The van der Waals surface area contributed by atoms with Crippen molar-refractivity contribution >= 4 is 65.1 Å². The molecular formula is C40H68N10O15. The first-order valence-electron chi connectivity index (χ1n) is 21.5. The van der Waals surface area contributed by atoms with Gasteiger partial charge >= 0.3 is 11.9 Å². The quantitative estimate of drug-likeness (QED) is 0.0351. The lowest BCUT2D eigenvalue weighted by molar-refractivity contribution is -0.142. The van der Waals surface area contributed by atoms with Crippen LogP contribution in [0.3, 0.4) is 0 Å². The van der Waals surface area contributed by atoms with Crippen molar-refractivity contribution in [3.8, 4) is 0 Å². The van der Waals surface area contributed by atoms with Gasteiger partial charge in [-0.3, -0.25) is 52.7 Å². The van der Waals surface area contributed by atoms with Crippen molar-refractivity contribution in [1.29, 1.82) is 0 Å². The van der Waals surface area contributed by atoms with Gasteiger partial charge in [0.2, 0.25) is 53.2 Å². The molecule has 1 heterocycles. The second kappa shape index (κ2) is 27.4. The summed E-state index contributed by atoms with van der Waals surface area (Å²) < 4.78 is 0. The fraction of sp³-hybridized carbons (Fsp3) is 0.725. The molecule has 1 aliphatic heterocycles. The second-order valence-corrected chi connectivity index (χ2v) is 16.7. The molecule has 12 unspecified atom stereocenters. The highest BCUT2D eigenvalue weighted by molar-refractivity contribution is 5.99. The molecule has 368 valence electrons. The van der Waals surface area contributed by atoms with E-state index < -0.39 is 151 Å². The predicted molar refractivity (Wildman–Crippen MR) is 228 cm³/mol. The van der Waals surface area contributed by atoms with Gasteiger partial charge in [-0.05, 0) is 71.8 Å². The Morgan fingerprint density at radius 3 is 1.55 bits per heavy atom. The number of nitrogens with two attached hydrogens (primary N) is 1. The molecule has 0 aliphatic carbocycles. The molecule has 1 rings (SSSR count). The maximum absolute atomic E-state index is 13.6. The number of nitrogens with one attached hydrogen (secondary N) is 9. The number of amides is 9. The van der Waals surface area contributed by atoms with Gasteiger partial charge in [-0.2, -0.15) is 0 Å². The number of aliphatic carboxylic acids is 2. The summed E-state index contributed by atoms with van der Waals surface area (Å²) in [4.78, 5) is 141. The van der Waals surface area contributed by atoms with E-state index in [-0.39, 0.29) is 18.3 Å². The number of carboxylic acid groups (broad SMARTS) is 2. The lowest BCUT2D eigenvalue weighted by Crippen LogP contribution is -2.63. The third-order valence-electron chi connectivity index (χ3n) is 10.4. The van der Waals surface area contributed by atoms with Crippen LogP contribution < -0.4 is 53.6 Å². The first kappa shape index (κ1) is 57.1. The maximum Gasteiger partial charge on any atom is 0.325 e. The van der Waals surface area contributed by atoms with Crippen molar-refractivity contribution in [1.82, 2.24) is 47.9 Å². The van der Waals surface area contributed by atoms with E-state index in [1.807, 2.05) is 0 Å². The zero-order chi connectivity index (χ0) is 49.9. The van der Waals surface area contributed by atoms with Crippen LogP contribution in [0.25, 0.3) is 0 Å². The molecule has 0 bridgehead atoms. The summed E-state index contributed by atoms with van der Waals surface area (Å²) in [5.41, 5.74) is 5.34. The summed E-state index contributed by atoms with van der Waals surface area (Å²) in [6.45, 7) is 12.2. The van der Waals surface area contributed by atoms with Crippen LogP contribution in [-0.4, -0.2) is 159 Å². The lowest BCUT2D eigenvalue weighted by atomic mass is 9.97. The van der Waals surface area contributed by atoms with Crippen LogP contribution in [0, 0.1) is 11.8 Å². The van der Waals surface area contributed by atoms with Gasteiger partial charge in [-0.1, -0.05) is 34.1 Å². The van der Waals surface area contributed by atoms with Gasteiger partial charge in [0.05, 0.1) is 24.7 Å². The first-order valence-corrected chi connectivity index (χ1v) is 21.5. The molecule has 0 aromatic rings. The van der Waals surface area contributed by atoms with Gasteiger partial charge in [0.1, 0.15) is 48.3 Å². The van der Waals surface area contributed by atoms with Gasteiger partial charge in [0.15, 0.2) is 0 Å². The molecule has 0 saturated carbocycles. The smallest absolute Gasteiger partial charge is 0.325 e. The Labute approximate surface area is 376 Å². The van der Waals surface area contributed by atoms with E-state index in [1.165, 1.54) is 13.8 Å². The molecule has 0 aromatic carbocycles. The van der Waals surface area contributed by atoms with E-state index in [4.69, 9.17) is 5.73 Å². The first-order chi connectivity index (χ1) is 30.2. The molecule has 1 fully saturated rings. The highest BCUT2D eigenvalue weighted by atomic mass is 16.4. The molecule has 12 atom stereocenters. The normalized spacial score (nSPS) is 18.5. The molecular weight excluding hydrogens is 860 g/mol. The average Bonchev–Trinajstić information content (AvgIpc) is 3.76. The summed E-state index contributed by atoms with van der Waals surface area (Å²) in [5.74, 6) is -12.3. The number of carboxylic acids is 2. The van der Waals surface area contributed by atoms with Crippen molar-refractivity contribution < 1.29 is 73.2 Å². The molecule has 15 N–H and O–H groups in total. The topological polar surface area (TPSA) is 403 Å². The van der Waals surface area contributed by atoms with Crippen LogP contribution in [0.4, 0.5) is 0 Å². The van der Waals surface area contributed by atoms with Crippen LogP contribution in [0.2, 0.25) is 0 Å². The minimum absolute atomic E-state index is 0.0123. The number of hydrogen-bond donors (Lipinski definition) is 14. The monoisotopic (exact) mass is 928 g/mol. The van der Waals surface area contributed by atoms with Crippen molar-refractivity contribution in [3.63, 3.8) is 0 Å². The Bertz CT molecular complexity index is 1720. The van der Waals surface area contributed by atoms with Crippen LogP contribution >= 0.6 is 0 Å². The van der Waals surface area contributed by atoms with Crippen molar-refractivity contribution in [3.05, 3.63) is 0 Å². The number of rotatable bonds is 28. The predicted octanol–water partition coefficient (Wildman–Crippen LogP) is -4.66. The van der Waals surface area contributed by atoms with Crippen LogP contribution in [-0.2, 0) is 52.7 Å². The highest BCUT2D eigenvalue weighted by Crippen LogP contribution is 2.12. The van der Waals surface area contributed by atoms with Gasteiger partial charge in [0.25, 0.3) is 0 Å². The SMILES string of the molecule is CCC(C)C(NC(=O)C1CCCN1)C(=O)NC(C)C(=O)NC(CCC(=O)O)C(=O)NC(CC(N)=O)C(=O)NC(C(=O)NC(C(=O)NC(CC(C)C)C(=O)NC(C)C(=O)O)C(C)O)C(C)O. The van der Waals surface area contributed by atoms with Crippen LogP contribution in [0.15, 0.2) is 0 Å². The van der Waals surface area contributed by atoms with Crippen molar-refractivity contribution in [2.45, 2.75) is 167 Å². The summed E-state index contributed by atoms with van der Waals surface area (Å²) in [7, 11) is 0. The zero-order valence-electron chi connectivity index (χ0n) is 38.0. The molecule has 9 amide bonds. The van der Waals surface area contributed by atoms with E-state index in [9.17, 15) is 73.2 Å². The third-order valence-corrected chi connectivity index (χ3v) is 10.4. The van der Waals surface area contributed by atoms with Gasteiger partial charge in [-0.15, -0.1) is 0 Å². The van der Waals surface area contributed by atoms with Gasteiger partial charge < -0.3 is 74.0 Å². The van der Waals surface area contributed by atoms with E-state index >= 15 is 0 Å². The minimum Gasteiger partial charge on any atom is -0.481 e. The highest BCUT2D eigenvalue weighted by Gasteiger charge is 2.38. The second-order valence-electron chi connectivity index (χ2n) is 16.7. The fourth-order valence-electron chi connectivity index (χ4n) is 6.40. The Hall–Kier alpha value is -5.95. The number of carbonyl (C=O) groups is 11. The Kier molecular flexibility index (Phi) is 24.0. The molecule has 1 saturated heterocycles. The van der Waals surface area contributed by atoms with Crippen LogP contribution in [0.1, 0.15) is 100 Å². The summed E-state index contributed by atoms with van der Waals surface area (Å²) in [5, 5.41) is 61.2. The van der Waals surface area contributed by atoms with E-state index in [0.717, 1.165) is 20.3 Å². The molecule has 25 nitrogen and oxygen atoms in total. The van der Waals surface area contributed by atoms with E-state index in [2.05, 4.69) is 47.9 Å². The number of primary amides is 1. The molecule has 25 heteroatoms. The number of aliphatic hydroxyl groups is 2. The fourth-order valence-corrected chi connectivity index (χ4v) is 6.40. The minimum atomic E-state index is -1.94. The summed E-state index contributed by atoms with van der Waals surface area (Å²) in [6, 6.07) is -12.9. The van der Waals surface area contributed by atoms with E-state index in [0.29, 0.717) is 19.4 Å². The Morgan fingerprint density at radius 2 is 1.08 bits per heavy atom. The maximum atomic E-state index is 13.6. The largest absolute Gasteiger partial charge is 0.481 e. The average molecular weight is 929 g/mol. The van der Waals surface area contributed by atoms with Gasteiger partial charge in [-0.25, -0.2) is 0 Å². The Morgan fingerprint density at radius 1 is 0.600 bits per heavy atom. The van der Waals surface area contributed by atoms with Crippen molar-refractivity contribution in [2.24, 2.45) is 17.6 Å². The molecule has 0 spiro atoms. The molecule has 0 radical (unpaired) electrons. The third kappa shape index (κ3) is 19.8. The molecule has 0 aromatic heterocycles. The number of hydrogen-bond acceptors (Lipinski definition) is 14. The summed E-state index contributed by atoms with van der Waals surface area (Å²) in [6.07, 6.45) is -3.72. The van der Waals surface area contributed by atoms with Crippen molar-refractivity contribution in [2.75, 3.05) is 6.54 Å². The standard InChI is InChI=1S/C40H68N10O15/c1-9-18(4)29(48-33(57)23-11-10-14-42-23)37(61)43-19(5)32(56)45-24(12-13-28(54)55)34(58)46-26(16-27(41)53)36(60)49-31(22(8)52)39(63)50-30(21(7)51)38(62)47-25(15-17(2)3)35(59)44-20(6)40(64)65/h17-26,29-31,42,51-52H,9-16H2,1-8H3,(H2,41,53)(H,43,61)(H,44,59)(H,45,56)(H,46,58)(H,47,62)(H,48,57)(H,49,60)(H,50,63)(H,54,55)(H,64,65). The lowest BCUT2D eigenvalue weighted by Gasteiger charge is -2.29. The summed E-state index contributed by atoms with van der Waals surface area (Å²) >= 11 is 0. The Balaban J connectivity index is 3.25. The van der Waals surface area contributed by atoms with Crippen LogP contribution in [0.5, 0.6) is 0 Å². The van der Waals surface area contributed by atoms with Gasteiger partial charge in [0, 0.05) is 6.42 Å². The number of carbonyl (C=O) groups excluding carboxylic acids is 9. The molecule has 1 aliphatic rings.